The van der Waals surface area contributed by atoms with Crippen molar-refractivity contribution < 1.29 is 27.9 Å². The number of hydrogen-bond donors (Lipinski definition) is 2. The summed E-state index contributed by atoms with van der Waals surface area (Å²) in [5, 5.41) is 8.68. The molecule has 0 bridgehead atoms. The Kier molecular flexibility index (Phi) is 5.09. The molecule has 0 saturated heterocycles. The molecule has 0 aliphatic heterocycles. The van der Waals surface area contributed by atoms with Gasteiger partial charge in [-0.05, 0) is 11.6 Å². The van der Waals surface area contributed by atoms with Gasteiger partial charge in [-0.1, -0.05) is 18.2 Å². The lowest BCUT2D eigenvalue weighted by Gasteiger charge is -2.19. The third kappa shape index (κ3) is 5.27. The Morgan fingerprint density at radius 1 is 1.25 bits per heavy atom. The van der Waals surface area contributed by atoms with Gasteiger partial charge in [0.05, 0.1) is 18.7 Å². The lowest BCUT2D eigenvalue weighted by molar-refractivity contribution is -0.139. The Labute approximate surface area is 112 Å². The summed E-state index contributed by atoms with van der Waals surface area (Å²) < 4.78 is 37.6. The van der Waals surface area contributed by atoms with E-state index in [-0.39, 0.29) is 18.7 Å². The first kappa shape index (κ1) is 16.0. The van der Waals surface area contributed by atoms with E-state index in [4.69, 9.17) is 10.8 Å². The molecule has 0 radical (unpaired) electrons. The predicted molar refractivity (Wildman–Crippen MR) is 63.6 cm³/mol. The van der Waals surface area contributed by atoms with E-state index in [1.807, 2.05) is 0 Å². The van der Waals surface area contributed by atoms with Crippen molar-refractivity contribution in [1.29, 1.82) is 0 Å². The summed E-state index contributed by atoms with van der Waals surface area (Å²) >= 11 is 0. The van der Waals surface area contributed by atoms with Crippen LogP contribution in [0.2, 0.25) is 0 Å². The Bertz CT molecular complexity index is 487. The lowest BCUT2D eigenvalue weighted by Crippen LogP contribution is -2.36. The number of benzene rings is 1. The number of halogens is 3. The third-order valence-corrected chi connectivity index (χ3v) is 2.40. The molecule has 0 atom stereocenters. The fourth-order valence-corrected chi connectivity index (χ4v) is 1.68. The van der Waals surface area contributed by atoms with Crippen LogP contribution in [-0.2, 0) is 22.3 Å². The maximum atomic E-state index is 12.5. The number of primary amides is 1. The van der Waals surface area contributed by atoms with E-state index in [1.54, 1.807) is 0 Å². The fraction of sp³-hybridized carbons (Fsp3) is 0.333. The zero-order chi connectivity index (χ0) is 15.3. The van der Waals surface area contributed by atoms with Gasteiger partial charge in [-0.25, -0.2) is 0 Å². The Morgan fingerprint density at radius 3 is 2.40 bits per heavy atom. The second-order valence-electron chi connectivity index (χ2n) is 4.20. The van der Waals surface area contributed by atoms with Crippen molar-refractivity contribution in [2.45, 2.75) is 12.7 Å². The van der Waals surface area contributed by atoms with Crippen molar-refractivity contribution in [2.75, 3.05) is 13.1 Å². The van der Waals surface area contributed by atoms with Crippen LogP contribution in [0.1, 0.15) is 11.1 Å². The number of amides is 1. The predicted octanol–water partition coefficient (Wildman–Crippen LogP) is 1.08. The van der Waals surface area contributed by atoms with Gasteiger partial charge in [-0.3, -0.25) is 14.5 Å². The van der Waals surface area contributed by atoms with Gasteiger partial charge in [0.2, 0.25) is 5.91 Å². The summed E-state index contributed by atoms with van der Waals surface area (Å²) in [5.41, 5.74) is 4.39. The van der Waals surface area contributed by atoms with Crippen LogP contribution >= 0.6 is 0 Å². The summed E-state index contributed by atoms with van der Waals surface area (Å²) in [5.74, 6) is -1.95. The standard InChI is InChI=1S/C12H13F3N2O3/c13-12(14,15)9-3-1-2-8(4-9)5-17(6-10(16)18)7-11(19)20/h1-4H,5-7H2,(H2,16,18)(H,19,20). The van der Waals surface area contributed by atoms with E-state index >= 15 is 0 Å². The molecule has 20 heavy (non-hydrogen) atoms. The van der Waals surface area contributed by atoms with Crippen LogP contribution in [0.4, 0.5) is 13.2 Å². The number of carbonyl (C=O) groups is 2. The molecule has 110 valence electrons. The van der Waals surface area contributed by atoms with E-state index in [9.17, 15) is 22.8 Å². The molecule has 0 aliphatic carbocycles. The SMILES string of the molecule is NC(=O)CN(CC(=O)O)Cc1cccc(C(F)(F)F)c1. The van der Waals surface area contributed by atoms with Crippen molar-refractivity contribution >= 4 is 11.9 Å². The van der Waals surface area contributed by atoms with Gasteiger partial charge in [0, 0.05) is 6.54 Å². The molecule has 0 saturated carbocycles. The number of carbonyl (C=O) groups excluding carboxylic acids is 1. The van der Waals surface area contributed by atoms with Crippen LogP contribution in [0.5, 0.6) is 0 Å². The lowest BCUT2D eigenvalue weighted by atomic mass is 10.1. The molecule has 0 aromatic heterocycles. The second-order valence-corrected chi connectivity index (χ2v) is 4.20. The molecular formula is C12H13F3N2O3. The van der Waals surface area contributed by atoms with E-state index in [0.29, 0.717) is 0 Å². The van der Waals surface area contributed by atoms with Crippen molar-refractivity contribution in [1.82, 2.24) is 4.90 Å². The first-order valence-electron chi connectivity index (χ1n) is 5.57. The maximum Gasteiger partial charge on any atom is 0.416 e. The normalized spacial score (nSPS) is 11.6. The maximum absolute atomic E-state index is 12.5. The minimum Gasteiger partial charge on any atom is -0.480 e. The number of carboxylic acid groups (broad SMARTS) is 1. The highest BCUT2D eigenvalue weighted by atomic mass is 19.4. The molecule has 0 spiro atoms. The minimum absolute atomic E-state index is 0.112. The highest BCUT2D eigenvalue weighted by Gasteiger charge is 2.30. The first-order valence-corrected chi connectivity index (χ1v) is 5.57. The van der Waals surface area contributed by atoms with Gasteiger partial charge in [0.25, 0.3) is 0 Å². The first-order chi connectivity index (χ1) is 9.18. The van der Waals surface area contributed by atoms with Crippen LogP contribution in [0.15, 0.2) is 24.3 Å². The summed E-state index contributed by atoms with van der Waals surface area (Å²) in [6.07, 6.45) is -4.47. The second kappa shape index (κ2) is 6.38. The molecule has 5 nitrogen and oxygen atoms in total. The van der Waals surface area contributed by atoms with E-state index in [2.05, 4.69) is 0 Å². The molecule has 8 heteroatoms. The van der Waals surface area contributed by atoms with Crippen molar-refractivity contribution in [3.8, 4) is 0 Å². The Hall–Kier alpha value is -2.09. The molecule has 3 N–H and O–H groups in total. The van der Waals surface area contributed by atoms with E-state index in [0.717, 1.165) is 17.0 Å². The number of rotatable bonds is 6. The monoisotopic (exact) mass is 290 g/mol. The highest BCUT2D eigenvalue weighted by Crippen LogP contribution is 2.29. The van der Waals surface area contributed by atoms with Gasteiger partial charge < -0.3 is 10.8 Å². The molecule has 0 unspecified atom stereocenters. The number of alkyl halides is 3. The van der Waals surface area contributed by atoms with Gasteiger partial charge in [0.1, 0.15) is 0 Å². The summed E-state index contributed by atoms with van der Waals surface area (Å²) in [4.78, 5) is 22.6. The fourth-order valence-electron chi connectivity index (χ4n) is 1.68. The molecule has 1 aromatic rings. The topological polar surface area (TPSA) is 83.6 Å². The van der Waals surface area contributed by atoms with Crippen LogP contribution in [0, 0.1) is 0 Å². The van der Waals surface area contributed by atoms with Gasteiger partial charge in [0.15, 0.2) is 0 Å². The number of nitrogens with two attached hydrogens (primary N) is 1. The molecule has 1 amide bonds. The molecule has 1 aromatic carbocycles. The molecule has 1 rings (SSSR count). The van der Waals surface area contributed by atoms with Gasteiger partial charge >= 0.3 is 12.1 Å². The summed E-state index contributed by atoms with van der Waals surface area (Å²) in [6, 6.07) is 4.47. The Balaban J connectivity index is 2.87. The van der Waals surface area contributed by atoms with Gasteiger partial charge in [-0.2, -0.15) is 13.2 Å². The molecule has 0 heterocycles. The highest BCUT2D eigenvalue weighted by molar-refractivity contribution is 5.77. The number of nitrogens with zero attached hydrogens (tertiary/aromatic N) is 1. The van der Waals surface area contributed by atoms with E-state index in [1.165, 1.54) is 12.1 Å². The average molecular weight is 290 g/mol. The quantitative estimate of drug-likeness (QED) is 0.821. The average Bonchev–Trinajstić information content (AvgIpc) is 2.26. The zero-order valence-electron chi connectivity index (χ0n) is 10.4. The minimum atomic E-state index is -4.47. The summed E-state index contributed by atoms with van der Waals surface area (Å²) in [7, 11) is 0. The van der Waals surface area contributed by atoms with Crippen LogP contribution in [0.3, 0.4) is 0 Å². The van der Waals surface area contributed by atoms with Crippen molar-refractivity contribution in [3.05, 3.63) is 35.4 Å². The Morgan fingerprint density at radius 2 is 1.90 bits per heavy atom. The molecule has 0 aliphatic rings. The van der Waals surface area contributed by atoms with Crippen molar-refractivity contribution in [3.63, 3.8) is 0 Å². The number of carboxylic acids is 1. The smallest absolute Gasteiger partial charge is 0.416 e. The number of hydrogen-bond acceptors (Lipinski definition) is 3. The van der Waals surface area contributed by atoms with Crippen LogP contribution in [-0.4, -0.2) is 35.0 Å². The van der Waals surface area contributed by atoms with Crippen LogP contribution < -0.4 is 5.73 Å². The largest absolute Gasteiger partial charge is 0.480 e. The zero-order valence-corrected chi connectivity index (χ0v) is 10.4. The van der Waals surface area contributed by atoms with Crippen molar-refractivity contribution in [2.24, 2.45) is 5.73 Å². The van der Waals surface area contributed by atoms with Gasteiger partial charge in [-0.15, -0.1) is 0 Å². The number of aliphatic carboxylic acids is 1. The van der Waals surface area contributed by atoms with E-state index < -0.39 is 30.2 Å². The summed E-state index contributed by atoms with van der Waals surface area (Å²) in [6.45, 7) is -0.944. The van der Waals surface area contributed by atoms with Crippen LogP contribution in [0.25, 0.3) is 0 Å². The molecular weight excluding hydrogens is 277 g/mol. The molecule has 0 fully saturated rings. The third-order valence-electron chi connectivity index (χ3n) is 2.40.